The molecule has 3 rings (SSSR count). The zero-order valence-electron chi connectivity index (χ0n) is 12.0. The largest absolute Gasteiger partial charge is 0.367 e. The molecule has 2 fully saturated rings. The average Bonchev–Trinajstić information content (AvgIpc) is 2.98. The SMILES string of the molecule is CCC1C2CNCC2CN1c1cccc([N+](=O)[O-])c1C. The van der Waals surface area contributed by atoms with Crippen LogP contribution in [0, 0.1) is 28.9 Å². The van der Waals surface area contributed by atoms with Crippen LogP contribution < -0.4 is 10.2 Å². The second-order valence-corrected chi connectivity index (χ2v) is 5.89. The van der Waals surface area contributed by atoms with Crippen LogP contribution in [0.1, 0.15) is 18.9 Å². The van der Waals surface area contributed by atoms with E-state index < -0.39 is 0 Å². The average molecular weight is 275 g/mol. The highest BCUT2D eigenvalue weighted by atomic mass is 16.6. The summed E-state index contributed by atoms with van der Waals surface area (Å²) in [4.78, 5) is 13.2. The minimum atomic E-state index is -0.280. The Morgan fingerprint density at radius 1 is 1.45 bits per heavy atom. The maximum absolute atomic E-state index is 11.1. The molecule has 1 aromatic rings. The molecule has 0 spiro atoms. The van der Waals surface area contributed by atoms with Gasteiger partial charge in [-0.25, -0.2) is 0 Å². The van der Waals surface area contributed by atoms with Gasteiger partial charge in [0.25, 0.3) is 5.69 Å². The van der Waals surface area contributed by atoms with Crippen molar-refractivity contribution in [2.75, 3.05) is 24.5 Å². The van der Waals surface area contributed by atoms with E-state index in [9.17, 15) is 10.1 Å². The minimum Gasteiger partial charge on any atom is -0.367 e. The zero-order chi connectivity index (χ0) is 14.3. The molecule has 2 saturated heterocycles. The Kier molecular flexibility index (Phi) is 3.38. The molecule has 0 aromatic heterocycles. The molecule has 3 atom stereocenters. The highest BCUT2D eigenvalue weighted by Gasteiger charge is 2.43. The van der Waals surface area contributed by atoms with Gasteiger partial charge in [-0.1, -0.05) is 13.0 Å². The minimum absolute atomic E-state index is 0.229. The Bertz CT molecular complexity index is 532. The lowest BCUT2D eigenvalue weighted by Gasteiger charge is -2.30. The molecule has 0 bridgehead atoms. The highest BCUT2D eigenvalue weighted by Crippen LogP contribution is 2.40. The molecule has 2 heterocycles. The molecule has 1 aromatic carbocycles. The topological polar surface area (TPSA) is 58.4 Å². The maximum atomic E-state index is 11.1. The summed E-state index contributed by atoms with van der Waals surface area (Å²) >= 11 is 0. The molecule has 1 N–H and O–H groups in total. The number of hydrogen-bond donors (Lipinski definition) is 1. The standard InChI is InChI=1S/C15H21N3O2/c1-3-13-12-8-16-7-11(12)9-17(13)14-5-4-6-15(10(14)2)18(19)20/h4-6,11-13,16H,3,7-9H2,1-2H3. The number of nitrogens with one attached hydrogen (secondary N) is 1. The van der Waals surface area contributed by atoms with E-state index in [1.807, 2.05) is 13.0 Å². The van der Waals surface area contributed by atoms with Gasteiger partial charge in [-0.15, -0.1) is 0 Å². The molecular formula is C15H21N3O2. The van der Waals surface area contributed by atoms with Gasteiger partial charge in [-0.3, -0.25) is 10.1 Å². The molecule has 2 aliphatic rings. The van der Waals surface area contributed by atoms with Gasteiger partial charge in [0.1, 0.15) is 0 Å². The number of nitro groups is 1. The lowest BCUT2D eigenvalue weighted by molar-refractivity contribution is -0.385. The number of rotatable bonds is 3. The van der Waals surface area contributed by atoms with Gasteiger partial charge in [0.05, 0.1) is 10.5 Å². The van der Waals surface area contributed by atoms with Crippen molar-refractivity contribution < 1.29 is 4.92 Å². The first-order valence-corrected chi connectivity index (χ1v) is 7.34. The predicted molar refractivity (Wildman–Crippen MR) is 79.1 cm³/mol. The monoisotopic (exact) mass is 275 g/mol. The molecule has 3 unspecified atom stereocenters. The molecular weight excluding hydrogens is 254 g/mol. The summed E-state index contributed by atoms with van der Waals surface area (Å²) in [6.07, 6.45) is 1.09. The quantitative estimate of drug-likeness (QED) is 0.679. The first-order valence-electron chi connectivity index (χ1n) is 7.34. The van der Waals surface area contributed by atoms with Crippen molar-refractivity contribution in [2.45, 2.75) is 26.3 Å². The Morgan fingerprint density at radius 3 is 2.95 bits per heavy atom. The fraction of sp³-hybridized carbons (Fsp3) is 0.600. The van der Waals surface area contributed by atoms with Gasteiger partial charge >= 0.3 is 0 Å². The predicted octanol–water partition coefficient (Wildman–Crippen LogP) is 2.34. The van der Waals surface area contributed by atoms with Crippen molar-refractivity contribution in [3.05, 3.63) is 33.9 Å². The summed E-state index contributed by atoms with van der Waals surface area (Å²) < 4.78 is 0. The van der Waals surface area contributed by atoms with E-state index in [0.717, 1.165) is 37.3 Å². The first kappa shape index (κ1) is 13.4. The summed E-state index contributed by atoms with van der Waals surface area (Å²) in [5.74, 6) is 1.36. The molecule has 20 heavy (non-hydrogen) atoms. The fourth-order valence-corrected chi connectivity index (χ4v) is 3.94. The number of anilines is 1. The second kappa shape index (κ2) is 5.05. The van der Waals surface area contributed by atoms with E-state index in [4.69, 9.17) is 0 Å². The van der Waals surface area contributed by atoms with E-state index in [-0.39, 0.29) is 10.6 Å². The van der Waals surface area contributed by atoms with E-state index in [1.165, 1.54) is 0 Å². The normalized spacial score (nSPS) is 28.7. The van der Waals surface area contributed by atoms with E-state index >= 15 is 0 Å². The number of nitro benzene ring substituents is 1. The summed E-state index contributed by atoms with van der Waals surface area (Å²) in [6, 6.07) is 5.92. The van der Waals surface area contributed by atoms with Crippen LogP contribution >= 0.6 is 0 Å². The third-order valence-electron chi connectivity index (χ3n) is 4.92. The van der Waals surface area contributed by atoms with E-state index in [0.29, 0.717) is 17.9 Å². The van der Waals surface area contributed by atoms with Gasteiger partial charge in [-0.05, 0) is 31.2 Å². The van der Waals surface area contributed by atoms with Crippen LogP contribution in [0.5, 0.6) is 0 Å². The van der Waals surface area contributed by atoms with Crippen molar-refractivity contribution in [1.29, 1.82) is 0 Å². The summed E-state index contributed by atoms with van der Waals surface area (Å²) in [7, 11) is 0. The molecule has 0 radical (unpaired) electrons. The van der Waals surface area contributed by atoms with Gasteiger partial charge < -0.3 is 10.2 Å². The van der Waals surface area contributed by atoms with Gasteiger partial charge in [0.15, 0.2) is 0 Å². The molecule has 108 valence electrons. The van der Waals surface area contributed by atoms with Crippen LogP contribution in [0.15, 0.2) is 18.2 Å². The number of benzene rings is 1. The number of fused-ring (bicyclic) bond motifs is 1. The van der Waals surface area contributed by atoms with Crippen molar-refractivity contribution in [3.8, 4) is 0 Å². The third kappa shape index (κ3) is 1.97. The zero-order valence-corrected chi connectivity index (χ0v) is 12.0. The second-order valence-electron chi connectivity index (χ2n) is 5.89. The Balaban J connectivity index is 1.97. The van der Waals surface area contributed by atoms with Gasteiger partial charge in [-0.2, -0.15) is 0 Å². The van der Waals surface area contributed by atoms with E-state index in [1.54, 1.807) is 12.1 Å². The third-order valence-corrected chi connectivity index (χ3v) is 4.92. The molecule has 0 saturated carbocycles. The van der Waals surface area contributed by atoms with Crippen molar-refractivity contribution >= 4 is 11.4 Å². The molecule has 5 heteroatoms. The lowest BCUT2D eigenvalue weighted by atomic mass is 9.92. The number of nitrogens with zero attached hydrogens (tertiary/aromatic N) is 2. The van der Waals surface area contributed by atoms with Crippen LogP contribution in [0.2, 0.25) is 0 Å². The summed E-state index contributed by atoms with van der Waals surface area (Å²) in [5.41, 5.74) is 2.07. The van der Waals surface area contributed by atoms with Crippen LogP contribution in [0.25, 0.3) is 0 Å². The lowest BCUT2D eigenvalue weighted by Crippen LogP contribution is -2.35. The summed E-state index contributed by atoms with van der Waals surface area (Å²) in [6.45, 7) is 7.25. The van der Waals surface area contributed by atoms with Crippen molar-refractivity contribution in [1.82, 2.24) is 5.32 Å². The highest BCUT2D eigenvalue weighted by molar-refractivity contribution is 5.62. The smallest absolute Gasteiger partial charge is 0.274 e. The Morgan fingerprint density at radius 2 is 2.25 bits per heavy atom. The van der Waals surface area contributed by atoms with Gasteiger partial charge in [0.2, 0.25) is 0 Å². The molecule has 2 aliphatic heterocycles. The first-order chi connectivity index (χ1) is 9.63. The maximum Gasteiger partial charge on any atom is 0.274 e. The Labute approximate surface area is 119 Å². The van der Waals surface area contributed by atoms with Crippen molar-refractivity contribution in [3.63, 3.8) is 0 Å². The van der Waals surface area contributed by atoms with Crippen LogP contribution in [0.3, 0.4) is 0 Å². The Hall–Kier alpha value is -1.62. The van der Waals surface area contributed by atoms with Crippen LogP contribution in [0.4, 0.5) is 11.4 Å². The molecule has 0 amide bonds. The van der Waals surface area contributed by atoms with Crippen LogP contribution in [-0.4, -0.2) is 30.6 Å². The molecule has 5 nitrogen and oxygen atoms in total. The van der Waals surface area contributed by atoms with Crippen molar-refractivity contribution in [2.24, 2.45) is 11.8 Å². The van der Waals surface area contributed by atoms with E-state index in [2.05, 4.69) is 17.1 Å². The fourth-order valence-electron chi connectivity index (χ4n) is 3.94. The van der Waals surface area contributed by atoms with Crippen LogP contribution in [-0.2, 0) is 0 Å². The molecule has 0 aliphatic carbocycles. The van der Waals surface area contributed by atoms with Gasteiger partial charge in [0, 0.05) is 37.4 Å². The number of hydrogen-bond acceptors (Lipinski definition) is 4. The summed E-state index contributed by atoms with van der Waals surface area (Å²) in [5, 5.41) is 14.6.